The van der Waals surface area contributed by atoms with Gasteiger partial charge < -0.3 is 10.0 Å². The van der Waals surface area contributed by atoms with Crippen LogP contribution in [0.2, 0.25) is 0 Å². The van der Waals surface area contributed by atoms with Crippen molar-refractivity contribution in [2.24, 2.45) is 5.92 Å². The molecule has 0 amide bonds. The SMILES string of the molecule is CC(C)CCN(c1nccc(C(=O)O)c1F)C1CC1. The Morgan fingerprint density at radius 1 is 1.58 bits per heavy atom. The highest BCUT2D eigenvalue weighted by Crippen LogP contribution is 2.33. The van der Waals surface area contributed by atoms with Gasteiger partial charge in [-0.05, 0) is 31.2 Å². The summed E-state index contributed by atoms with van der Waals surface area (Å²) in [5.74, 6) is -1.26. The molecule has 0 atom stereocenters. The maximum absolute atomic E-state index is 14.2. The van der Waals surface area contributed by atoms with Crippen LogP contribution in [-0.2, 0) is 0 Å². The number of aromatic nitrogens is 1. The summed E-state index contributed by atoms with van der Waals surface area (Å²) in [6.07, 6.45) is 4.36. The third-order valence-corrected chi connectivity index (χ3v) is 3.31. The lowest BCUT2D eigenvalue weighted by atomic mass is 10.1. The van der Waals surface area contributed by atoms with Crippen LogP contribution in [0.25, 0.3) is 0 Å². The van der Waals surface area contributed by atoms with Crippen molar-refractivity contribution < 1.29 is 14.3 Å². The average molecular weight is 266 g/mol. The Morgan fingerprint density at radius 3 is 2.79 bits per heavy atom. The summed E-state index contributed by atoms with van der Waals surface area (Å²) in [6, 6.07) is 1.51. The van der Waals surface area contributed by atoms with Gasteiger partial charge in [-0.1, -0.05) is 13.8 Å². The second-order valence-electron chi connectivity index (χ2n) is 5.41. The number of carboxylic acid groups (broad SMARTS) is 1. The van der Waals surface area contributed by atoms with Crippen LogP contribution >= 0.6 is 0 Å². The molecule has 0 radical (unpaired) electrons. The molecule has 0 bridgehead atoms. The van der Waals surface area contributed by atoms with Crippen molar-refractivity contribution in [3.8, 4) is 0 Å². The standard InChI is InChI=1S/C14H19FN2O2/c1-9(2)6-8-17(10-3-4-10)13-12(15)11(14(18)19)5-7-16-13/h5,7,9-10H,3-4,6,8H2,1-2H3,(H,18,19). The van der Waals surface area contributed by atoms with Gasteiger partial charge in [-0.15, -0.1) is 0 Å². The van der Waals surface area contributed by atoms with Crippen LogP contribution in [0, 0.1) is 11.7 Å². The highest BCUT2D eigenvalue weighted by Gasteiger charge is 2.32. The second kappa shape index (κ2) is 5.55. The molecule has 1 aromatic rings. The molecular formula is C14H19FN2O2. The molecule has 1 aliphatic carbocycles. The van der Waals surface area contributed by atoms with E-state index in [0.717, 1.165) is 25.8 Å². The van der Waals surface area contributed by atoms with Crippen molar-refractivity contribution in [3.63, 3.8) is 0 Å². The van der Waals surface area contributed by atoms with Gasteiger partial charge in [0.2, 0.25) is 0 Å². The molecule has 19 heavy (non-hydrogen) atoms. The predicted octanol–water partition coefficient (Wildman–Crippen LogP) is 2.93. The molecule has 0 aromatic carbocycles. The fourth-order valence-corrected chi connectivity index (χ4v) is 2.04. The normalized spacial score (nSPS) is 14.7. The number of halogens is 1. The second-order valence-corrected chi connectivity index (χ2v) is 5.41. The number of nitrogens with zero attached hydrogens (tertiary/aromatic N) is 2. The number of aromatic carboxylic acids is 1. The summed E-state index contributed by atoms with van der Waals surface area (Å²) >= 11 is 0. The molecule has 2 rings (SSSR count). The first-order valence-electron chi connectivity index (χ1n) is 6.65. The molecule has 1 aliphatic rings. The van der Waals surface area contributed by atoms with E-state index in [9.17, 15) is 9.18 Å². The number of rotatable bonds is 6. The zero-order chi connectivity index (χ0) is 14.0. The number of hydrogen-bond acceptors (Lipinski definition) is 3. The van der Waals surface area contributed by atoms with Crippen molar-refractivity contribution in [3.05, 3.63) is 23.6 Å². The lowest BCUT2D eigenvalue weighted by molar-refractivity contribution is 0.0691. The van der Waals surface area contributed by atoms with Crippen molar-refractivity contribution in [2.45, 2.75) is 39.2 Å². The van der Waals surface area contributed by atoms with Crippen LogP contribution < -0.4 is 4.90 Å². The summed E-state index contributed by atoms with van der Waals surface area (Å²) in [4.78, 5) is 16.9. The molecule has 0 spiro atoms. The summed E-state index contributed by atoms with van der Waals surface area (Å²) in [6.45, 7) is 4.94. The summed E-state index contributed by atoms with van der Waals surface area (Å²) in [7, 11) is 0. The fraction of sp³-hybridized carbons (Fsp3) is 0.571. The van der Waals surface area contributed by atoms with Crippen LogP contribution in [0.4, 0.5) is 10.2 Å². The first-order chi connectivity index (χ1) is 9.00. The lowest BCUT2D eigenvalue weighted by Crippen LogP contribution is -2.30. The van der Waals surface area contributed by atoms with Gasteiger partial charge in [0.05, 0.1) is 0 Å². The van der Waals surface area contributed by atoms with Crippen LogP contribution in [0.5, 0.6) is 0 Å². The Bertz CT molecular complexity index is 473. The monoisotopic (exact) mass is 266 g/mol. The van der Waals surface area contributed by atoms with Crippen LogP contribution in [0.3, 0.4) is 0 Å². The third kappa shape index (κ3) is 3.22. The topological polar surface area (TPSA) is 53.4 Å². The number of anilines is 1. The fourth-order valence-electron chi connectivity index (χ4n) is 2.04. The highest BCUT2D eigenvalue weighted by atomic mass is 19.1. The number of carboxylic acids is 1. The van der Waals surface area contributed by atoms with Gasteiger partial charge in [-0.25, -0.2) is 14.2 Å². The zero-order valence-corrected chi connectivity index (χ0v) is 11.3. The Hall–Kier alpha value is -1.65. The number of hydrogen-bond donors (Lipinski definition) is 1. The van der Waals surface area contributed by atoms with Crippen molar-refractivity contribution in [2.75, 3.05) is 11.4 Å². The van der Waals surface area contributed by atoms with E-state index in [1.165, 1.54) is 12.3 Å². The summed E-state index contributed by atoms with van der Waals surface area (Å²) < 4.78 is 14.2. The van der Waals surface area contributed by atoms with Gasteiger partial charge in [0.1, 0.15) is 5.56 Å². The Balaban J connectivity index is 2.26. The van der Waals surface area contributed by atoms with E-state index in [1.807, 2.05) is 4.90 Å². The van der Waals surface area contributed by atoms with Crippen LogP contribution in [-0.4, -0.2) is 28.6 Å². The quantitative estimate of drug-likeness (QED) is 0.860. The largest absolute Gasteiger partial charge is 0.478 e. The van der Waals surface area contributed by atoms with Crippen molar-refractivity contribution >= 4 is 11.8 Å². The molecule has 0 saturated heterocycles. The van der Waals surface area contributed by atoms with E-state index in [1.54, 1.807) is 0 Å². The zero-order valence-electron chi connectivity index (χ0n) is 11.3. The van der Waals surface area contributed by atoms with E-state index in [2.05, 4.69) is 18.8 Å². The number of pyridine rings is 1. The molecule has 1 fully saturated rings. The maximum atomic E-state index is 14.2. The minimum Gasteiger partial charge on any atom is -0.478 e. The minimum atomic E-state index is -1.25. The maximum Gasteiger partial charge on any atom is 0.338 e. The van der Waals surface area contributed by atoms with Gasteiger partial charge in [0.15, 0.2) is 11.6 Å². The molecule has 4 nitrogen and oxygen atoms in total. The van der Waals surface area contributed by atoms with Gasteiger partial charge in [-0.2, -0.15) is 0 Å². The highest BCUT2D eigenvalue weighted by molar-refractivity contribution is 5.88. The summed E-state index contributed by atoms with van der Waals surface area (Å²) in [5, 5.41) is 8.96. The Kier molecular flexibility index (Phi) is 4.02. The molecule has 0 aliphatic heterocycles. The van der Waals surface area contributed by atoms with E-state index in [-0.39, 0.29) is 11.4 Å². The Morgan fingerprint density at radius 2 is 2.26 bits per heavy atom. The van der Waals surface area contributed by atoms with Crippen LogP contribution in [0.1, 0.15) is 43.5 Å². The first-order valence-corrected chi connectivity index (χ1v) is 6.65. The van der Waals surface area contributed by atoms with E-state index in [4.69, 9.17) is 5.11 Å². The predicted molar refractivity (Wildman–Crippen MR) is 71.0 cm³/mol. The van der Waals surface area contributed by atoms with E-state index < -0.39 is 11.8 Å². The molecular weight excluding hydrogens is 247 g/mol. The molecule has 5 heteroatoms. The average Bonchev–Trinajstić information content (AvgIpc) is 3.15. The molecule has 1 N–H and O–H groups in total. The smallest absolute Gasteiger partial charge is 0.338 e. The van der Waals surface area contributed by atoms with Crippen molar-refractivity contribution in [1.29, 1.82) is 0 Å². The first kappa shape index (κ1) is 13.8. The molecule has 1 heterocycles. The lowest BCUT2D eigenvalue weighted by Gasteiger charge is -2.25. The third-order valence-electron chi connectivity index (χ3n) is 3.31. The van der Waals surface area contributed by atoms with Gasteiger partial charge in [-0.3, -0.25) is 0 Å². The van der Waals surface area contributed by atoms with Gasteiger partial charge >= 0.3 is 5.97 Å². The summed E-state index contributed by atoms with van der Waals surface area (Å²) in [5.41, 5.74) is -0.305. The molecule has 104 valence electrons. The van der Waals surface area contributed by atoms with Gasteiger partial charge in [0.25, 0.3) is 0 Å². The van der Waals surface area contributed by atoms with E-state index in [0.29, 0.717) is 12.0 Å². The van der Waals surface area contributed by atoms with Gasteiger partial charge in [0, 0.05) is 18.8 Å². The minimum absolute atomic E-state index is 0.183. The number of carbonyl (C=O) groups is 1. The molecule has 1 aromatic heterocycles. The van der Waals surface area contributed by atoms with Crippen molar-refractivity contribution in [1.82, 2.24) is 4.98 Å². The Labute approximate surface area is 112 Å². The molecule has 1 saturated carbocycles. The van der Waals surface area contributed by atoms with Crippen LogP contribution in [0.15, 0.2) is 12.3 Å². The molecule has 0 unspecified atom stereocenters. The van der Waals surface area contributed by atoms with E-state index >= 15 is 0 Å².